The average molecular weight is 236 g/mol. The molecule has 17 heavy (non-hydrogen) atoms. The van der Waals surface area contributed by atoms with Gasteiger partial charge in [0, 0.05) is 25.7 Å². The van der Waals surface area contributed by atoms with Crippen LogP contribution in [0.1, 0.15) is 22.8 Å². The summed E-state index contributed by atoms with van der Waals surface area (Å²) < 4.78 is 0. The average Bonchev–Trinajstić information content (AvgIpc) is 2.25. The maximum absolute atomic E-state index is 11.0. The lowest BCUT2D eigenvalue weighted by Crippen LogP contribution is -2.26. The molecular weight excluding hydrogens is 220 g/mol. The zero-order valence-corrected chi connectivity index (χ0v) is 9.91. The highest BCUT2D eigenvalue weighted by molar-refractivity contribution is 5.94. The Bertz CT molecular complexity index is 430. The van der Waals surface area contributed by atoms with Gasteiger partial charge < -0.3 is 15.7 Å². The number of carbonyl (C=O) groups excluding carboxylic acids is 1. The molecule has 3 N–H and O–H groups in total. The largest absolute Gasteiger partial charge is 0.478 e. The molecule has 0 bridgehead atoms. The molecule has 0 saturated heterocycles. The van der Waals surface area contributed by atoms with Gasteiger partial charge in [-0.05, 0) is 19.1 Å². The first-order valence-corrected chi connectivity index (χ1v) is 5.33. The normalized spacial score (nSPS) is 9.76. The third-order valence-corrected chi connectivity index (χ3v) is 2.22. The Kier molecular flexibility index (Phi) is 4.51. The van der Waals surface area contributed by atoms with Crippen molar-refractivity contribution < 1.29 is 14.7 Å². The van der Waals surface area contributed by atoms with Crippen molar-refractivity contribution in [1.82, 2.24) is 5.32 Å². The summed E-state index contributed by atoms with van der Waals surface area (Å²) >= 11 is 0. The minimum atomic E-state index is -0.962. The molecule has 5 nitrogen and oxygen atoms in total. The van der Waals surface area contributed by atoms with Gasteiger partial charge in [0.1, 0.15) is 0 Å². The van der Waals surface area contributed by atoms with Gasteiger partial charge in [-0.2, -0.15) is 0 Å². The van der Waals surface area contributed by atoms with E-state index < -0.39 is 5.97 Å². The Balaban J connectivity index is 2.64. The lowest BCUT2D eigenvalue weighted by Gasteiger charge is -2.10. The molecule has 5 heteroatoms. The standard InChI is InChI=1S/C12H16N2O3/c1-8-3-4-11(10(7-8)12(16)17)14-6-5-13-9(2)15/h3-4,7,14H,5-6H2,1-2H3,(H,13,15)(H,16,17). The summed E-state index contributed by atoms with van der Waals surface area (Å²) in [5, 5.41) is 14.6. The van der Waals surface area contributed by atoms with Gasteiger partial charge >= 0.3 is 5.97 Å². The first kappa shape index (κ1) is 13.0. The van der Waals surface area contributed by atoms with E-state index in [4.69, 9.17) is 5.11 Å². The van der Waals surface area contributed by atoms with Gasteiger partial charge in [-0.25, -0.2) is 4.79 Å². The van der Waals surface area contributed by atoms with Crippen molar-refractivity contribution in [3.63, 3.8) is 0 Å². The quantitative estimate of drug-likeness (QED) is 0.672. The molecule has 0 unspecified atom stereocenters. The topological polar surface area (TPSA) is 78.4 Å². The number of benzene rings is 1. The number of carbonyl (C=O) groups is 2. The number of carboxylic acids is 1. The highest BCUT2D eigenvalue weighted by Gasteiger charge is 2.09. The number of aromatic carboxylic acids is 1. The maximum atomic E-state index is 11.0. The van der Waals surface area contributed by atoms with E-state index in [1.807, 2.05) is 13.0 Å². The van der Waals surface area contributed by atoms with Crippen molar-refractivity contribution in [3.05, 3.63) is 29.3 Å². The Labute approximate surface area is 99.8 Å². The van der Waals surface area contributed by atoms with Gasteiger partial charge in [-0.3, -0.25) is 4.79 Å². The van der Waals surface area contributed by atoms with Crippen LogP contribution in [0.15, 0.2) is 18.2 Å². The second-order valence-corrected chi connectivity index (χ2v) is 3.76. The van der Waals surface area contributed by atoms with Crippen LogP contribution in [0, 0.1) is 6.92 Å². The van der Waals surface area contributed by atoms with Gasteiger partial charge in [0.05, 0.1) is 5.56 Å². The fraction of sp³-hybridized carbons (Fsp3) is 0.333. The molecule has 0 aliphatic carbocycles. The van der Waals surface area contributed by atoms with Gasteiger partial charge in [0.25, 0.3) is 0 Å². The monoisotopic (exact) mass is 236 g/mol. The molecule has 0 heterocycles. The number of hydrogen-bond donors (Lipinski definition) is 3. The molecule has 0 fully saturated rings. The maximum Gasteiger partial charge on any atom is 0.337 e. The van der Waals surface area contributed by atoms with E-state index in [1.54, 1.807) is 12.1 Å². The molecule has 0 radical (unpaired) electrons. The highest BCUT2D eigenvalue weighted by Crippen LogP contribution is 2.16. The van der Waals surface area contributed by atoms with E-state index in [1.165, 1.54) is 6.92 Å². The molecule has 0 aromatic heterocycles. The highest BCUT2D eigenvalue weighted by atomic mass is 16.4. The summed E-state index contributed by atoms with van der Waals surface area (Å²) in [4.78, 5) is 21.6. The first-order chi connectivity index (χ1) is 8.00. The van der Waals surface area contributed by atoms with Crippen LogP contribution in [0.4, 0.5) is 5.69 Å². The van der Waals surface area contributed by atoms with Crippen molar-refractivity contribution in [3.8, 4) is 0 Å². The van der Waals surface area contributed by atoms with Crippen molar-refractivity contribution >= 4 is 17.6 Å². The van der Waals surface area contributed by atoms with E-state index >= 15 is 0 Å². The number of anilines is 1. The van der Waals surface area contributed by atoms with E-state index in [2.05, 4.69) is 10.6 Å². The molecular formula is C12H16N2O3. The number of hydrogen-bond acceptors (Lipinski definition) is 3. The van der Waals surface area contributed by atoms with Gasteiger partial charge in [-0.1, -0.05) is 11.6 Å². The van der Waals surface area contributed by atoms with Crippen LogP contribution in [0.2, 0.25) is 0 Å². The summed E-state index contributed by atoms with van der Waals surface area (Å²) in [6.07, 6.45) is 0. The van der Waals surface area contributed by atoms with Crippen LogP contribution in [0.5, 0.6) is 0 Å². The van der Waals surface area contributed by atoms with Crippen LogP contribution in [-0.4, -0.2) is 30.1 Å². The molecule has 1 aromatic rings. The smallest absolute Gasteiger partial charge is 0.337 e. The minimum absolute atomic E-state index is 0.103. The van der Waals surface area contributed by atoms with Crippen molar-refractivity contribution in [2.24, 2.45) is 0 Å². The van der Waals surface area contributed by atoms with Crippen LogP contribution < -0.4 is 10.6 Å². The molecule has 0 aliphatic heterocycles. The van der Waals surface area contributed by atoms with Crippen molar-refractivity contribution in [2.45, 2.75) is 13.8 Å². The van der Waals surface area contributed by atoms with E-state index in [0.717, 1.165) is 5.56 Å². The van der Waals surface area contributed by atoms with Gasteiger partial charge in [0.2, 0.25) is 5.91 Å². The Morgan fingerprint density at radius 3 is 2.59 bits per heavy atom. The van der Waals surface area contributed by atoms with Crippen LogP contribution in [-0.2, 0) is 4.79 Å². The zero-order chi connectivity index (χ0) is 12.8. The van der Waals surface area contributed by atoms with Crippen molar-refractivity contribution in [2.75, 3.05) is 18.4 Å². The second kappa shape index (κ2) is 5.89. The molecule has 0 aliphatic rings. The number of carboxylic acid groups (broad SMARTS) is 1. The fourth-order valence-electron chi connectivity index (χ4n) is 1.42. The number of amides is 1. The third kappa shape index (κ3) is 4.14. The molecule has 0 saturated carbocycles. The van der Waals surface area contributed by atoms with Crippen LogP contribution in [0.25, 0.3) is 0 Å². The predicted octanol–water partition coefficient (Wildman–Crippen LogP) is 1.24. The van der Waals surface area contributed by atoms with Crippen molar-refractivity contribution in [1.29, 1.82) is 0 Å². The lowest BCUT2D eigenvalue weighted by molar-refractivity contribution is -0.118. The van der Waals surface area contributed by atoms with E-state index in [9.17, 15) is 9.59 Å². The van der Waals surface area contributed by atoms with Gasteiger partial charge in [-0.15, -0.1) is 0 Å². The molecule has 0 spiro atoms. The fourth-order valence-corrected chi connectivity index (χ4v) is 1.42. The second-order valence-electron chi connectivity index (χ2n) is 3.76. The summed E-state index contributed by atoms with van der Waals surface area (Å²) in [5.74, 6) is -1.06. The molecule has 1 rings (SSSR count). The summed E-state index contributed by atoms with van der Waals surface area (Å²) in [6, 6.07) is 5.18. The summed E-state index contributed by atoms with van der Waals surface area (Å²) in [7, 11) is 0. The van der Waals surface area contributed by atoms with Crippen LogP contribution >= 0.6 is 0 Å². The first-order valence-electron chi connectivity index (χ1n) is 5.33. The van der Waals surface area contributed by atoms with E-state index in [0.29, 0.717) is 18.8 Å². The minimum Gasteiger partial charge on any atom is -0.478 e. The molecule has 0 atom stereocenters. The van der Waals surface area contributed by atoms with Crippen LogP contribution in [0.3, 0.4) is 0 Å². The summed E-state index contributed by atoms with van der Waals surface area (Å²) in [6.45, 7) is 4.23. The predicted molar refractivity (Wildman–Crippen MR) is 65.3 cm³/mol. The number of aryl methyl sites for hydroxylation is 1. The summed E-state index contributed by atoms with van der Waals surface area (Å²) in [5.41, 5.74) is 1.70. The van der Waals surface area contributed by atoms with E-state index in [-0.39, 0.29) is 11.5 Å². The molecule has 92 valence electrons. The Morgan fingerprint density at radius 2 is 2.00 bits per heavy atom. The lowest BCUT2D eigenvalue weighted by atomic mass is 10.1. The number of nitrogens with one attached hydrogen (secondary N) is 2. The molecule has 1 aromatic carbocycles. The zero-order valence-electron chi connectivity index (χ0n) is 9.91. The Morgan fingerprint density at radius 1 is 1.29 bits per heavy atom. The Hall–Kier alpha value is -2.04. The van der Waals surface area contributed by atoms with Gasteiger partial charge in [0.15, 0.2) is 0 Å². The third-order valence-electron chi connectivity index (χ3n) is 2.22. The SMILES string of the molecule is CC(=O)NCCNc1ccc(C)cc1C(=O)O. The number of rotatable bonds is 5. The molecule has 1 amide bonds.